The summed E-state index contributed by atoms with van der Waals surface area (Å²) >= 11 is 5.96. The molecule has 1 atom stereocenters. The van der Waals surface area contributed by atoms with E-state index >= 15 is 0 Å². The van der Waals surface area contributed by atoms with Crippen molar-refractivity contribution in [2.24, 2.45) is 5.16 Å². The molecule has 1 unspecified atom stereocenters. The maximum Gasteiger partial charge on any atom is 0.321 e. The highest BCUT2D eigenvalue weighted by atomic mass is 35.5. The molecule has 0 aliphatic heterocycles. The zero-order valence-electron chi connectivity index (χ0n) is 10.0. The molecule has 0 aromatic heterocycles. The second kappa shape index (κ2) is 4.98. The molecule has 0 bridgehead atoms. The van der Waals surface area contributed by atoms with Gasteiger partial charge in [-0.1, -0.05) is 17.7 Å². The van der Waals surface area contributed by atoms with Crippen molar-refractivity contribution in [1.29, 1.82) is 0 Å². The molecule has 0 saturated carbocycles. The van der Waals surface area contributed by atoms with Crippen LogP contribution in [0.5, 0.6) is 0 Å². The van der Waals surface area contributed by atoms with Crippen molar-refractivity contribution >= 4 is 23.8 Å². The van der Waals surface area contributed by atoms with Crippen molar-refractivity contribution in [1.82, 2.24) is 0 Å². The number of halogens is 1. The minimum Gasteiger partial charge on any atom is -0.468 e. The number of carbonyl (C=O) groups excluding carboxylic acids is 1. The predicted octanol–water partition coefficient (Wildman–Crippen LogP) is 2.55. The summed E-state index contributed by atoms with van der Waals surface area (Å²) in [4.78, 5) is 12.1. The first-order chi connectivity index (χ1) is 8.64. The summed E-state index contributed by atoms with van der Waals surface area (Å²) in [5.41, 5.74) is 0.809. The summed E-state index contributed by atoms with van der Waals surface area (Å²) in [6.07, 6.45) is 3.49. The Bertz CT molecular complexity index is 501. The minimum atomic E-state index is -0.998. The molecule has 2 rings (SSSR count). The van der Waals surface area contributed by atoms with Gasteiger partial charge in [-0.2, -0.15) is 0 Å². The molecular weight excluding hydrogens is 254 g/mol. The van der Waals surface area contributed by atoms with Gasteiger partial charge >= 0.3 is 5.97 Å². The van der Waals surface area contributed by atoms with Gasteiger partial charge in [-0.15, -0.1) is 5.16 Å². The van der Waals surface area contributed by atoms with E-state index in [9.17, 15) is 4.79 Å². The van der Waals surface area contributed by atoms with Crippen molar-refractivity contribution in [3.8, 4) is 0 Å². The van der Waals surface area contributed by atoms with Crippen molar-refractivity contribution in [3.05, 3.63) is 34.3 Å². The first-order valence-electron chi connectivity index (χ1n) is 5.70. The Balaban J connectivity index is 2.61. The Labute approximate surface area is 110 Å². The molecule has 0 amide bonds. The summed E-state index contributed by atoms with van der Waals surface area (Å²) < 4.78 is 4.86. The lowest BCUT2D eigenvalue weighted by Gasteiger charge is -2.33. The van der Waals surface area contributed by atoms with E-state index in [0.717, 1.165) is 24.0 Å². The van der Waals surface area contributed by atoms with Gasteiger partial charge in [-0.05, 0) is 42.5 Å². The number of oxime groups is 1. The van der Waals surface area contributed by atoms with E-state index in [-0.39, 0.29) is 0 Å². The monoisotopic (exact) mass is 267 g/mol. The lowest BCUT2D eigenvalue weighted by atomic mass is 9.70. The number of carbonyl (C=O) groups is 1. The molecule has 0 spiro atoms. The molecule has 0 fully saturated rings. The SMILES string of the molecule is COC(=O)C1(/C=N\O)CCCc2cc(Cl)ccc21. The van der Waals surface area contributed by atoms with Gasteiger partial charge in [0.2, 0.25) is 0 Å². The second-order valence-corrected chi connectivity index (χ2v) is 4.80. The number of methoxy groups -OCH3 is 1. The van der Waals surface area contributed by atoms with Crippen LogP contribution in [0.25, 0.3) is 0 Å². The fourth-order valence-corrected chi connectivity index (χ4v) is 2.77. The maximum atomic E-state index is 12.1. The third-order valence-corrected chi connectivity index (χ3v) is 3.63. The molecule has 0 radical (unpaired) electrons. The van der Waals surface area contributed by atoms with Gasteiger partial charge in [0.25, 0.3) is 0 Å². The highest BCUT2D eigenvalue weighted by molar-refractivity contribution is 6.30. The number of ether oxygens (including phenoxy) is 1. The molecule has 96 valence electrons. The summed E-state index contributed by atoms with van der Waals surface area (Å²) in [6, 6.07) is 5.38. The number of fused-ring (bicyclic) bond motifs is 1. The summed E-state index contributed by atoms with van der Waals surface area (Å²) in [7, 11) is 1.33. The number of hydrogen-bond acceptors (Lipinski definition) is 4. The van der Waals surface area contributed by atoms with E-state index in [0.29, 0.717) is 11.4 Å². The van der Waals surface area contributed by atoms with Gasteiger partial charge in [-0.3, -0.25) is 4.79 Å². The fourth-order valence-electron chi connectivity index (χ4n) is 2.58. The van der Waals surface area contributed by atoms with Crippen molar-refractivity contribution < 1.29 is 14.7 Å². The van der Waals surface area contributed by atoms with Gasteiger partial charge < -0.3 is 9.94 Å². The zero-order chi connectivity index (χ0) is 13.2. The molecule has 18 heavy (non-hydrogen) atoms. The molecule has 4 nitrogen and oxygen atoms in total. The van der Waals surface area contributed by atoms with Crippen LogP contribution in [0.1, 0.15) is 24.0 Å². The average Bonchev–Trinajstić information content (AvgIpc) is 2.37. The van der Waals surface area contributed by atoms with E-state index in [1.54, 1.807) is 12.1 Å². The van der Waals surface area contributed by atoms with Crippen molar-refractivity contribution in [2.45, 2.75) is 24.7 Å². The zero-order valence-corrected chi connectivity index (χ0v) is 10.8. The molecule has 1 aliphatic rings. The Morgan fingerprint density at radius 1 is 1.61 bits per heavy atom. The number of esters is 1. The van der Waals surface area contributed by atoms with Crippen LogP contribution in [0.15, 0.2) is 23.4 Å². The molecule has 0 heterocycles. The van der Waals surface area contributed by atoms with E-state index in [4.69, 9.17) is 21.5 Å². The van der Waals surface area contributed by atoms with Gasteiger partial charge in [0.1, 0.15) is 5.41 Å². The van der Waals surface area contributed by atoms with Crippen LogP contribution in [0.2, 0.25) is 5.02 Å². The van der Waals surface area contributed by atoms with Crippen molar-refractivity contribution in [3.63, 3.8) is 0 Å². The molecular formula is C13H14ClNO3. The third-order valence-electron chi connectivity index (χ3n) is 3.39. The smallest absolute Gasteiger partial charge is 0.321 e. The lowest BCUT2D eigenvalue weighted by Crippen LogP contribution is -2.41. The topological polar surface area (TPSA) is 58.9 Å². The number of nitrogens with zero attached hydrogens (tertiary/aromatic N) is 1. The van der Waals surface area contributed by atoms with Gasteiger partial charge in [0, 0.05) is 5.02 Å². The molecule has 1 aromatic carbocycles. The lowest BCUT2D eigenvalue weighted by molar-refractivity contribution is -0.145. The normalized spacial score (nSPS) is 22.8. The van der Waals surface area contributed by atoms with Crippen LogP contribution in [0.4, 0.5) is 0 Å². The first-order valence-corrected chi connectivity index (χ1v) is 6.08. The van der Waals surface area contributed by atoms with Crippen LogP contribution in [-0.4, -0.2) is 24.5 Å². The summed E-state index contributed by atoms with van der Waals surface area (Å²) in [5, 5.41) is 12.5. The van der Waals surface area contributed by atoms with Crippen LogP contribution < -0.4 is 0 Å². The predicted molar refractivity (Wildman–Crippen MR) is 68.4 cm³/mol. The van der Waals surface area contributed by atoms with E-state index in [1.165, 1.54) is 13.3 Å². The largest absolute Gasteiger partial charge is 0.468 e. The number of aryl methyl sites for hydroxylation is 1. The van der Waals surface area contributed by atoms with Crippen molar-refractivity contribution in [2.75, 3.05) is 7.11 Å². The molecule has 1 aliphatic carbocycles. The molecule has 1 N–H and O–H groups in total. The second-order valence-electron chi connectivity index (χ2n) is 4.36. The third kappa shape index (κ3) is 1.97. The van der Waals surface area contributed by atoms with E-state index in [2.05, 4.69) is 5.16 Å². The summed E-state index contributed by atoms with van der Waals surface area (Å²) in [6.45, 7) is 0. The number of rotatable bonds is 2. The first kappa shape index (κ1) is 12.9. The number of hydrogen-bond donors (Lipinski definition) is 1. The van der Waals surface area contributed by atoms with Crippen LogP contribution >= 0.6 is 11.6 Å². The van der Waals surface area contributed by atoms with Crippen LogP contribution in [0, 0.1) is 0 Å². The molecule has 1 aromatic rings. The van der Waals surface area contributed by atoms with Gasteiger partial charge in [0.05, 0.1) is 13.3 Å². The average molecular weight is 268 g/mol. The number of benzene rings is 1. The van der Waals surface area contributed by atoms with Gasteiger partial charge in [0.15, 0.2) is 0 Å². The maximum absolute atomic E-state index is 12.1. The van der Waals surface area contributed by atoms with E-state index in [1.807, 2.05) is 6.07 Å². The molecule has 0 saturated heterocycles. The highest BCUT2D eigenvalue weighted by Gasteiger charge is 2.43. The minimum absolute atomic E-state index is 0.413. The highest BCUT2D eigenvalue weighted by Crippen LogP contribution is 2.38. The standard InChI is InChI=1S/C13H14ClNO3/c1-18-12(16)13(8-15-17)6-2-3-9-7-10(14)4-5-11(9)13/h4-5,7-8,17H,2-3,6H2,1H3/b15-8-. The molecule has 5 heteroatoms. The Morgan fingerprint density at radius 2 is 2.39 bits per heavy atom. The van der Waals surface area contributed by atoms with E-state index < -0.39 is 11.4 Å². The quantitative estimate of drug-likeness (QED) is 0.388. The fraction of sp³-hybridized carbons (Fsp3) is 0.385. The summed E-state index contributed by atoms with van der Waals surface area (Å²) in [5.74, 6) is -0.413. The van der Waals surface area contributed by atoms with Gasteiger partial charge in [-0.25, -0.2) is 0 Å². The van der Waals surface area contributed by atoms with Crippen LogP contribution in [0.3, 0.4) is 0 Å². The Morgan fingerprint density at radius 3 is 3.06 bits per heavy atom. The van der Waals surface area contributed by atoms with Crippen LogP contribution in [-0.2, 0) is 21.4 Å². The Kier molecular flexibility index (Phi) is 3.57. The Hall–Kier alpha value is -1.55.